The third-order valence-electron chi connectivity index (χ3n) is 3.35. The summed E-state index contributed by atoms with van der Waals surface area (Å²) in [6.07, 6.45) is 1.60. The lowest BCUT2D eigenvalue weighted by Gasteiger charge is -2.12. The smallest absolute Gasteiger partial charge is 0.341 e. The number of aromatic nitrogens is 1. The third-order valence-corrected chi connectivity index (χ3v) is 3.35. The Labute approximate surface area is 145 Å². The fraction of sp³-hybridized carbons (Fsp3) is 0.235. The molecule has 0 unspecified atom stereocenters. The summed E-state index contributed by atoms with van der Waals surface area (Å²) in [5.74, 6) is 0.466. The molecule has 0 bridgehead atoms. The molecule has 0 saturated carbocycles. The van der Waals surface area contributed by atoms with Crippen LogP contribution in [0.4, 0.5) is 5.82 Å². The van der Waals surface area contributed by atoms with Gasteiger partial charge in [-0.1, -0.05) is 6.07 Å². The largest absolute Gasteiger partial charge is 0.493 e. The number of rotatable bonds is 7. The summed E-state index contributed by atoms with van der Waals surface area (Å²) >= 11 is 0. The van der Waals surface area contributed by atoms with Crippen LogP contribution < -0.4 is 20.3 Å². The molecule has 1 aromatic heterocycles. The highest BCUT2D eigenvalue weighted by Crippen LogP contribution is 2.27. The van der Waals surface area contributed by atoms with E-state index in [1.54, 1.807) is 37.4 Å². The molecule has 2 aromatic rings. The number of carbonyl (C=O) groups excluding carboxylic acids is 2. The molecule has 0 saturated heterocycles. The van der Waals surface area contributed by atoms with Crippen LogP contribution in [0, 0.1) is 0 Å². The Morgan fingerprint density at radius 3 is 2.52 bits per heavy atom. The van der Waals surface area contributed by atoms with Crippen molar-refractivity contribution in [3.8, 4) is 11.5 Å². The van der Waals surface area contributed by atoms with E-state index in [1.807, 2.05) is 0 Å². The molecule has 2 N–H and O–H groups in total. The molecule has 0 aliphatic rings. The molecule has 1 heterocycles. The van der Waals surface area contributed by atoms with Gasteiger partial charge >= 0.3 is 5.97 Å². The second-order valence-electron chi connectivity index (χ2n) is 4.93. The lowest BCUT2D eigenvalue weighted by Crippen LogP contribution is -2.32. The van der Waals surface area contributed by atoms with Crippen molar-refractivity contribution in [2.24, 2.45) is 0 Å². The predicted molar refractivity (Wildman–Crippen MR) is 90.6 cm³/mol. The van der Waals surface area contributed by atoms with E-state index in [0.29, 0.717) is 11.5 Å². The number of hydrogen-bond acceptors (Lipinski definition) is 7. The van der Waals surface area contributed by atoms with Crippen LogP contribution in [-0.4, -0.2) is 38.2 Å². The standard InChI is InChI=1S/C17H19N3O5/c1-23-13-7-6-11(9-14(13)24-2)10-15(21)19-20-16-12(17(22)25-3)5-4-8-18-16/h4-9H,10H2,1-3H3,(H,18,20)(H,19,21). The molecular weight excluding hydrogens is 326 g/mol. The summed E-state index contributed by atoms with van der Waals surface area (Å²) in [4.78, 5) is 27.8. The van der Waals surface area contributed by atoms with Crippen molar-refractivity contribution in [1.82, 2.24) is 10.4 Å². The highest BCUT2D eigenvalue weighted by atomic mass is 16.5. The molecule has 0 atom stereocenters. The normalized spacial score (nSPS) is 9.88. The van der Waals surface area contributed by atoms with E-state index in [2.05, 4.69) is 20.6 Å². The van der Waals surface area contributed by atoms with Gasteiger partial charge < -0.3 is 14.2 Å². The summed E-state index contributed by atoms with van der Waals surface area (Å²) in [6.45, 7) is 0. The number of esters is 1. The molecule has 0 fully saturated rings. The van der Waals surface area contributed by atoms with Crippen molar-refractivity contribution in [2.45, 2.75) is 6.42 Å². The maximum absolute atomic E-state index is 12.1. The fourth-order valence-corrected chi connectivity index (χ4v) is 2.13. The van der Waals surface area contributed by atoms with Crippen LogP contribution >= 0.6 is 0 Å². The summed E-state index contributed by atoms with van der Waals surface area (Å²) < 4.78 is 15.0. The molecule has 2 rings (SSSR count). The number of methoxy groups -OCH3 is 3. The number of nitrogens with zero attached hydrogens (tertiary/aromatic N) is 1. The molecule has 0 radical (unpaired) electrons. The third kappa shape index (κ3) is 4.60. The van der Waals surface area contributed by atoms with Gasteiger partial charge in [0.1, 0.15) is 5.56 Å². The zero-order valence-corrected chi connectivity index (χ0v) is 14.2. The number of pyridine rings is 1. The highest BCUT2D eigenvalue weighted by Gasteiger charge is 2.13. The summed E-state index contributed by atoms with van der Waals surface area (Å²) in [5.41, 5.74) is 6.09. The van der Waals surface area contributed by atoms with E-state index in [4.69, 9.17) is 9.47 Å². The first-order valence-electron chi connectivity index (χ1n) is 7.38. The Morgan fingerprint density at radius 1 is 1.08 bits per heavy atom. The van der Waals surface area contributed by atoms with Crippen molar-refractivity contribution in [2.75, 3.05) is 26.8 Å². The predicted octanol–water partition coefficient (Wildman–Crippen LogP) is 1.57. The first-order valence-corrected chi connectivity index (χ1v) is 7.38. The monoisotopic (exact) mass is 345 g/mol. The number of amides is 1. The number of hydrazine groups is 1. The Morgan fingerprint density at radius 2 is 1.84 bits per heavy atom. The molecular formula is C17H19N3O5. The molecule has 0 aliphatic heterocycles. The van der Waals surface area contributed by atoms with Crippen LogP contribution in [0.3, 0.4) is 0 Å². The number of ether oxygens (including phenoxy) is 3. The fourth-order valence-electron chi connectivity index (χ4n) is 2.13. The van der Waals surface area contributed by atoms with Crippen molar-refractivity contribution in [3.63, 3.8) is 0 Å². The van der Waals surface area contributed by atoms with E-state index >= 15 is 0 Å². The van der Waals surface area contributed by atoms with E-state index in [9.17, 15) is 9.59 Å². The van der Waals surface area contributed by atoms with E-state index in [1.165, 1.54) is 20.4 Å². The SMILES string of the molecule is COC(=O)c1cccnc1NNC(=O)Cc1ccc(OC)c(OC)c1. The van der Waals surface area contributed by atoms with Gasteiger partial charge in [0.2, 0.25) is 5.91 Å². The molecule has 25 heavy (non-hydrogen) atoms. The summed E-state index contributed by atoms with van der Waals surface area (Å²) in [6, 6.07) is 8.36. The quantitative estimate of drug-likeness (QED) is 0.580. The minimum atomic E-state index is -0.551. The van der Waals surface area contributed by atoms with Gasteiger partial charge in [-0.25, -0.2) is 9.78 Å². The summed E-state index contributed by atoms with van der Waals surface area (Å²) in [7, 11) is 4.34. The van der Waals surface area contributed by atoms with Crippen LogP contribution in [0.5, 0.6) is 11.5 Å². The molecule has 0 spiro atoms. The first kappa shape index (κ1) is 18.1. The summed E-state index contributed by atoms with van der Waals surface area (Å²) in [5, 5.41) is 0. The number of carbonyl (C=O) groups is 2. The van der Waals surface area contributed by atoms with Gasteiger partial charge in [-0.15, -0.1) is 0 Å². The van der Waals surface area contributed by atoms with E-state index in [-0.39, 0.29) is 23.7 Å². The number of nitrogens with one attached hydrogen (secondary N) is 2. The Hall–Kier alpha value is -3.29. The molecule has 1 amide bonds. The van der Waals surface area contributed by atoms with Crippen molar-refractivity contribution < 1.29 is 23.8 Å². The number of hydrogen-bond donors (Lipinski definition) is 2. The topological polar surface area (TPSA) is 98.8 Å². The van der Waals surface area contributed by atoms with Crippen molar-refractivity contribution >= 4 is 17.7 Å². The lowest BCUT2D eigenvalue weighted by molar-refractivity contribution is -0.119. The van der Waals surface area contributed by atoms with Gasteiger partial charge in [-0.05, 0) is 29.8 Å². The maximum atomic E-state index is 12.1. The van der Waals surface area contributed by atoms with Crippen LogP contribution in [0.1, 0.15) is 15.9 Å². The van der Waals surface area contributed by atoms with Crippen molar-refractivity contribution in [3.05, 3.63) is 47.7 Å². The number of anilines is 1. The van der Waals surface area contributed by atoms with Gasteiger partial charge in [-0.3, -0.25) is 15.6 Å². The highest BCUT2D eigenvalue weighted by molar-refractivity contribution is 5.94. The van der Waals surface area contributed by atoms with Crippen LogP contribution in [0.2, 0.25) is 0 Å². The second-order valence-corrected chi connectivity index (χ2v) is 4.93. The molecule has 8 heteroatoms. The van der Waals surface area contributed by atoms with Gasteiger partial charge in [0.25, 0.3) is 0 Å². The molecule has 1 aromatic carbocycles. The minimum absolute atomic E-state index is 0.105. The second kappa shape index (κ2) is 8.53. The van der Waals surface area contributed by atoms with Gasteiger partial charge in [0.05, 0.1) is 27.8 Å². The molecule has 132 valence electrons. The van der Waals surface area contributed by atoms with Crippen LogP contribution in [0.25, 0.3) is 0 Å². The van der Waals surface area contributed by atoms with Crippen LogP contribution in [-0.2, 0) is 16.0 Å². The molecule has 0 aliphatic carbocycles. The van der Waals surface area contributed by atoms with Crippen molar-refractivity contribution in [1.29, 1.82) is 0 Å². The van der Waals surface area contributed by atoms with Gasteiger partial charge in [0.15, 0.2) is 17.3 Å². The van der Waals surface area contributed by atoms with E-state index < -0.39 is 5.97 Å². The Balaban J connectivity index is 2.01. The van der Waals surface area contributed by atoms with Gasteiger partial charge in [0, 0.05) is 6.20 Å². The zero-order valence-electron chi connectivity index (χ0n) is 14.2. The van der Waals surface area contributed by atoms with E-state index in [0.717, 1.165) is 5.56 Å². The average Bonchev–Trinajstić information content (AvgIpc) is 2.65. The minimum Gasteiger partial charge on any atom is -0.493 e. The first-order chi connectivity index (χ1) is 12.1. The maximum Gasteiger partial charge on any atom is 0.341 e. The Kier molecular flexibility index (Phi) is 6.16. The Bertz CT molecular complexity index is 764. The lowest BCUT2D eigenvalue weighted by atomic mass is 10.1. The van der Waals surface area contributed by atoms with Crippen LogP contribution in [0.15, 0.2) is 36.5 Å². The zero-order chi connectivity index (χ0) is 18.2. The molecule has 8 nitrogen and oxygen atoms in total. The number of benzene rings is 1. The van der Waals surface area contributed by atoms with Gasteiger partial charge in [-0.2, -0.15) is 0 Å². The average molecular weight is 345 g/mol.